The van der Waals surface area contributed by atoms with Gasteiger partial charge in [-0.3, -0.25) is 14.5 Å². The number of thioether (sulfide) groups is 1. The van der Waals surface area contributed by atoms with Crippen molar-refractivity contribution in [1.29, 1.82) is 0 Å². The van der Waals surface area contributed by atoms with Crippen LogP contribution in [0.5, 0.6) is 0 Å². The minimum absolute atomic E-state index is 0. The molecule has 3 atom stereocenters. The fraction of sp³-hybridized carbons (Fsp3) is 0.438. The molecule has 0 aromatic heterocycles. The normalized spacial score (nSPS) is 26.1. The largest absolute Gasteiger partial charge is 1.00 e. The first-order chi connectivity index (χ1) is 11.4. The molecule has 0 unspecified atom stereocenters. The number of β-lactam (4-membered cyclic amide) rings is 1. The van der Waals surface area contributed by atoms with Crippen molar-refractivity contribution in [2.24, 2.45) is 5.73 Å². The van der Waals surface area contributed by atoms with E-state index in [0.717, 1.165) is 12.0 Å². The van der Waals surface area contributed by atoms with Crippen LogP contribution in [0.3, 0.4) is 0 Å². The quantitative estimate of drug-likeness (QED) is 0.278. The van der Waals surface area contributed by atoms with Crippen LogP contribution >= 0.6 is 11.8 Å². The molecule has 0 aromatic carbocycles. The average Bonchev–Trinajstić information content (AvgIpc) is 2.59. The van der Waals surface area contributed by atoms with E-state index < -0.39 is 29.9 Å². The zero-order chi connectivity index (χ0) is 17.4. The van der Waals surface area contributed by atoms with Gasteiger partial charge in [0, 0.05) is 5.75 Å². The third-order valence-corrected chi connectivity index (χ3v) is 5.80. The first-order valence-electron chi connectivity index (χ1n) is 7.69. The molecule has 4 N–H and O–H groups in total. The summed E-state index contributed by atoms with van der Waals surface area (Å²) in [6.45, 7) is 1.70. The second kappa shape index (κ2) is 8.51. The van der Waals surface area contributed by atoms with Gasteiger partial charge in [-0.1, -0.05) is 18.2 Å². The summed E-state index contributed by atoms with van der Waals surface area (Å²) in [4.78, 5) is 37.3. The van der Waals surface area contributed by atoms with Gasteiger partial charge in [0.25, 0.3) is 5.91 Å². The second-order valence-corrected chi connectivity index (χ2v) is 7.10. The predicted octanol–water partition coefficient (Wildman–Crippen LogP) is -2.53. The summed E-state index contributed by atoms with van der Waals surface area (Å²) in [6.07, 6.45) is 7.26. The molecule has 2 heterocycles. The van der Waals surface area contributed by atoms with E-state index >= 15 is 0 Å². The third kappa shape index (κ3) is 3.97. The number of aliphatic carboxylic acids is 1. The third-order valence-electron chi connectivity index (χ3n) is 4.38. The topological polar surface area (TPSA) is 113 Å². The van der Waals surface area contributed by atoms with Crippen molar-refractivity contribution in [2.45, 2.75) is 37.2 Å². The van der Waals surface area contributed by atoms with Crippen LogP contribution in [-0.2, 0) is 14.4 Å². The Hall–Kier alpha value is -0.424. The van der Waals surface area contributed by atoms with Gasteiger partial charge in [0.2, 0.25) is 5.91 Å². The zero-order valence-electron chi connectivity index (χ0n) is 15.2. The summed E-state index contributed by atoms with van der Waals surface area (Å²) >= 11 is 1.45. The molecule has 25 heavy (non-hydrogen) atoms. The molecular formula is C16H20KN3O4S. The number of carbonyl (C=O) groups excluding carboxylic acids is 2. The number of carboxylic acids is 1. The van der Waals surface area contributed by atoms with E-state index in [4.69, 9.17) is 5.73 Å². The molecule has 3 rings (SSSR count). The Morgan fingerprint density at radius 2 is 2.20 bits per heavy atom. The molecule has 9 heteroatoms. The minimum atomic E-state index is -1.12. The van der Waals surface area contributed by atoms with Gasteiger partial charge in [-0.15, -0.1) is 11.8 Å². The number of hydrogen-bond acceptors (Lipinski definition) is 5. The molecular weight excluding hydrogens is 369 g/mol. The molecule has 3 aliphatic rings. The first kappa shape index (κ1) is 20.9. The van der Waals surface area contributed by atoms with E-state index in [9.17, 15) is 19.5 Å². The fourth-order valence-electron chi connectivity index (χ4n) is 3.06. The van der Waals surface area contributed by atoms with Gasteiger partial charge in [-0.25, -0.2) is 4.79 Å². The Morgan fingerprint density at radius 3 is 2.80 bits per heavy atom. The SMILES string of the molecule is CC1=C(C(=O)O)N2C(=O)[C@@H](NC(=O)[C@H](N)C3=CCC=CC3)[C@H]2SC1.[H-].[K+]. The number of hydrogen-bond donors (Lipinski definition) is 3. The van der Waals surface area contributed by atoms with Gasteiger partial charge in [-0.2, -0.15) is 0 Å². The van der Waals surface area contributed by atoms with Crippen LogP contribution in [0.15, 0.2) is 35.1 Å². The zero-order valence-corrected chi connectivity index (χ0v) is 18.1. The van der Waals surface area contributed by atoms with E-state index in [1.54, 1.807) is 6.92 Å². The monoisotopic (exact) mass is 389 g/mol. The van der Waals surface area contributed by atoms with Gasteiger partial charge in [0.05, 0.1) is 0 Å². The van der Waals surface area contributed by atoms with Crippen molar-refractivity contribution in [3.8, 4) is 0 Å². The Labute approximate surface area is 194 Å². The number of carbonyl (C=O) groups is 3. The number of allylic oxidation sites excluding steroid dienone is 3. The molecule has 0 aromatic rings. The number of amides is 2. The summed E-state index contributed by atoms with van der Waals surface area (Å²) in [5, 5.41) is 11.6. The van der Waals surface area contributed by atoms with E-state index in [1.165, 1.54) is 16.7 Å². The first-order valence-corrected chi connectivity index (χ1v) is 8.74. The summed E-state index contributed by atoms with van der Waals surface area (Å²) in [5.74, 6) is -1.41. The fourth-order valence-corrected chi connectivity index (χ4v) is 4.35. The Balaban J connectivity index is 0.00000169. The standard InChI is InChI=1S/C16H19N3O4S.K.H/c1-8-7-24-15-11(14(21)19(15)12(8)16(22)23)18-13(20)10(17)9-5-3-2-4-6-9;;/h2-3,6,10-11,15H,4-5,7,17H2,1H3,(H,18,20)(H,22,23);;/q;+1;-1/t10-,11-,15-;;/m1../s1. The molecule has 2 aliphatic heterocycles. The number of carboxylic acid groups (broad SMARTS) is 1. The van der Waals surface area contributed by atoms with Crippen LogP contribution in [0.1, 0.15) is 21.2 Å². The number of rotatable bonds is 4. The summed E-state index contributed by atoms with van der Waals surface area (Å²) in [5.41, 5.74) is 7.49. The molecule has 0 saturated carbocycles. The number of nitrogens with two attached hydrogens (primary N) is 1. The maximum Gasteiger partial charge on any atom is 1.00 e. The van der Waals surface area contributed by atoms with Gasteiger partial charge in [0.15, 0.2) is 0 Å². The molecule has 0 bridgehead atoms. The van der Waals surface area contributed by atoms with Crippen LogP contribution in [0, 0.1) is 0 Å². The Morgan fingerprint density at radius 1 is 1.48 bits per heavy atom. The molecule has 0 spiro atoms. The molecule has 1 fully saturated rings. The van der Waals surface area contributed by atoms with Crippen LogP contribution in [0.2, 0.25) is 0 Å². The van der Waals surface area contributed by atoms with Gasteiger partial charge >= 0.3 is 57.4 Å². The maximum absolute atomic E-state index is 12.3. The summed E-state index contributed by atoms with van der Waals surface area (Å²) < 4.78 is 0. The molecule has 1 aliphatic carbocycles. The predicted molar refractivity (Wildman–Crippen MR) is 90.9 cm³/mol. The molecule has 1 saturated heterocycles. The van der Waals surface area contributed by atoms with Crippen molar-refractivity contribution in [3.05, 3.63) is 35.1 Å². The van der Waals surface area contributed by atoms with E-state index in [0.29, 0.717) is 17.7 Å². The smallest absolute Gasteiger partial charge is 1.00 e. The van der Waals surface area contributed by atoms with Crippen molar-refractivity contribution in [3.63, 3.8) is 0 Å². The summed E-state index contributed by atoms with van der Waals surface area (Å²) in [7, 11) is 0. The number of nitrogens with zero attached hydrogens (tertiary/aromatic N) is 1. The Bertz CT molecular complexity index is 710. The number of fused-ring (bicyclic) bond motifs is 1. The van der Waals surface area contributed by atoms with Crippen LogP contribution in [0.4, 0.5) is 0 Å². The summed E-state index contributed by atoms with van der Waals surface area (Å²) in [6, 6.07) is -1.52. The van der Waals surface area contributed by atoms with Crippen molar-refractivity contribution in [2.75, 3.05) is 5.75 Å². The van der Waals surface area contributed by atoms with Crippen molar-refractivity contribution in [1.82, 2.24) is 10.2 Å². The Kier molecular flexibility index (Phi) is 7.11. The van der Waals surface area contributed by atoms with Gasteiger partial charge in [-0.05, 0) is 30.9 Å². The average molecular weight is 390 g/mol. The van der Waals surface area contributed by atoms with Crippen LogP contribution in [0.25, 0.3) is 0 Å². The van der Waals surface area contributed by atoms with E-state index in [1.807, 2.05) is 18.2 Å². The molecule has 130 valence electrons. The molecule has 7 nitrogen and oxygen atoms in total. The number of nitrogens with one attached hydrogen (secondary N) is 1. The van der Waals surface area contributed by atoms with E-state index in [2.05, 4.69) is 5.32 Å². The van der Waals surface area contributed by atoms with Crippen molar-refractivity contribution < 1.29 is 72.3 Å². The maximum atomic E-state index is 12.3. The van der Waals surface area contributed by atoms with Crippen LogP contribution < -0.4 is 62.4 Å². The van der Waals surface area contributed by atoms with Crippen LogP contribution in [-0.4, -0.2) is 51.0 Å². The molecule has 0 radical (unpaired) electrons. The van der Waals surface area contributed by atoms with Gasteiger partial charge < -0.3 is 17.6 Å². The van der Waals surface area contributed by atoms with Crippen molar-refractivity contribution >= 4 is 29.5 Å². The molecule has 2 amide bonds. The second-order valence-electron chi connectivity index (χ2n) is 6.00. The van der Waals surface area contributed by atoms with E-state index in [-0.39, 0.29) is 63.9 Å². The minimum Gasteiger partial charge on any atom is -1.00 e. The van der Waals surface area contributed by atoms with Gasteiger partial charge in [0.1, 0.15) is 23.2 Å².